The van der Waals surface area contributed by atoms with E-state index in [-0.39, 0.29) is 0 Å². The standard InChI is InChI=1S/C11H8Br2N2S/c1-2-15-10(13)9(12)14-11(15)16-8-6-4-3-5-7-8/h2-7H,1H2. The van der Waals surface area contributed by atoms with Crippen molar-refractivity contribution < 1.29 is 0 Å². The van der Waals surface area contributed by atoms with Gasteiger partial charge in [0.2, 0.25) is 0 Å². The van der Waals surface area contributed by atoms with Gasteiger partial charge < -0.3 is 0 Å². The Morgan fingerprint density at radius 2 is 1.94 bits per heavy atom. The molecule has 1 aromatic heterocycles. The van der Waals surface area contributed by atoms with E-state index in [0.29, 0.717) is 0 Å². The molecular weight excluding hydrogens is 352 g/mol. The zero-order valence-electron chi connectivity index (χ0n) is 8.23. The molecule has 0 spiro atoms. The lowest BCUT2D eigenvalue weighted by molar-refractivity contribution is 0.930. The number of hydrogen-bond acceptors (Lipinski definition) is 2. The molecule has 2 nitrogen and oxygen atoms in total. The molecule has 0 unspecified atom stereocenters. The fraction of sp³-hybridized carbons (Fsp3) is 0. The number of imidazole rings is 1. The average Bonchev–Trinajstić information content (AvgIpc) is 2.56. The van der Waals surface area contributed by atoms with Crippen molar-refractivity contribution in [2.45, 2.75) is 10.1 Å². The second kappa shape index (κ2) is 5.21. The van der Waals surface area contributed by atoms with E-state index in [4.69, 9.17) is 0 Å². The first-order valence-electron chi connectivity index (χ1n) is 4.51. The molecule has 0 atom stereocenters. The second-order valence-corrected chi connectivity index (χ2v) is 5.49. The van der Waals surface area contributed by atoms with Crippen LogP contribution < -0.4 is 0 Å². The topological polar surface area (TPSA) is 17.8 Å². The van der Waals surface area contributed by atoms with E-state index < -0.39 is 0 Å². The fourth-order valence-corrected chi connectivity index (χ4v) is 3.09. The first-order valence-corrected chi connectivity index (χ1v) is 6.91. The lowest BCUT2D eigenvalue weighted by Gasteiger charge is -2.02. The van der Waals surface area contributed by atoms with Crippen LogP contribution in [0.4, 0.5) is 0 Å². The van der Waals surface area contributed by atoms with Gasteiger partial charge >= 0.3 is 0 Å². The number of halogens is 2. The summed E-state index contributed by atoms with van der Waals surface area (Å²) in [6.07, 6.45) is 1.73. The first-order chi connectivity index (χ1) is 7.72. The number of nitrogens with zero attached hydrogens (tertiary/aromatic N) is 2. The van der Waals surface area contributed by atoms with Gasteiger partial charge in [-0.25, -0.2) is 4.98 Å². The lowest BCUT2D eigenvalue weighted by Crippen LogP contribution is -1.88. The third-order valence-electron chi connectivity index (χ3n) is 1.92. The first kappa shape index (κ1) is 12.0. The van der Waals surface area contributed by atoms with Gasteiger partial charge in [0.25, 0.3) is 0 Å². The molecule has 1 heterocycles. The number of rotatable bonds is 3. The highest BCUT2D eigenvalue weighted by Crippen LogP contribution is 2.33. The molecule has 5 heteroatoms. The quantitative estimate of drug-likeness (QED) is 0.793. The van der Waals surface area contributed by atoms with Gasteiger partial charge in [0.1, 0.15) is 9.21 Å². The maximum absolute atomic E-state index is 4.40. The van der Waals surface area contributed by atoms with Crippen molar-refractivity contribution in [3.63, 3.8) is 0 Å². The molecule has 0 N–H and O–H groups in total. The van der Waals surface area contributed by atoms with E-state index in [2.05, 4.69) is 55.6 Å². The van der Waals surface area contributed by atoms with Crippen molar-refractivity contribution in [3.8, 4) is 0 Å². The molecule has 0 amide bonds. The van der Waals surface area contributed by atoms with Crippen LogP contribution in [0.2, 0.25) is 0 Å². The molecule has 0 aliphatic heterocycles. The maximum Gasteiger partial charge on any atom is 0.179 e. The van der Waals surface area contributed by atoms with Crippen LogP contribution in [0.5, 0.6) is 0 Å². The third-order valence-corrected chi connectivity index (χ3v) is 4.74. The van der Waals surface area contributed by atoms with Gasteiger partial charge in [-0.05, 0) is 44.0 Å². The Morgan fingerprint density at radius 3 is 2.56 bits per heavy atom. The zero-order chi connectivity index (χ0) is 11.5. The zero-order valence-corrected chi connectivity index (χ0v) is 12.2. The summed E-state index contributed by atoms with van der Waals surface area (Å²) in [5.41, 5.74) is 0. The Hall–Kier alpha value is -0.520. The number of aromatic nitrogens is 2. The Labute approximate surface area is 115 Å². The van der Waals surface area contributed by atoms with Gasteiger partial charge in [-0.1, -0.05) is 36.5 Å². The van der Waals surface area contributed by atoms with Gasteiger partial charge in [-0.3, -0.25) is 4.57 Å². The Bertz CT molecular complexity index is 508. The van der Waals surface area contributed by atoms with E-state index in [0.717, 1.165) is 19.3 Å². The molecule has 1 aromatic carbocycles. The van der Waals surface area contributed by atoms with Crippen molar-refractivity contribution in [1.82, 2.24) is 9.55 Å². The summed E-state index contributed by atoms with van der Waals surface area (Å²) < 4.78 is 3.55. The minimum atomic E-state index is 0.783. The molecule has 0 saturated carbocycles. The molecule has 0 aliphatic carbocycles. The highest BCUT2D eigenvalue weighted by Gasteiger charge is 2.12. The minimum Gasteiger partial charge on any atom is -0.288 e. The van der Waals surface area contributed by atoms with Gasteiger partial charge in [-0.15, -0.1) is 0 Å². The van der Waals surface area contributed by atoms with Crippen LogP contribution in [0, 0.1) is 0 Å². The Kier molecular flexibility index (Phi) is 3.89. The number of benzene rings is 1. The van der Waals surface area contributed by atoms with Crippen molar-refractivity contribution >= 4 is 49.8 Å². The van der Waals surface area contributed by atoms with Gasteiger partial charge in [0.15, 0.2) is 5.16 Å². The largest absolute Gasteiger partial charge is 0.288 e. The second-order valence-electron chi connectivity index (χ2n) is 2.94. The minimum absolute atomic E-state index is 0.783. The third kappa shape index (κ3) is 2.42. The predicted octanol–water partition coefficient (Wildman–Crippen LogP) is 4.66. The Morgan fingerprint density at radius 1 is 1.25 bits per heavy atom. The molecule has 2 aromatic rings. The monoisotopic (exact) mass is 358 g/mol. The van der Waals surface area contributed by atoms with Crippen molar-refractivity contribution in [2.24, 2.45) is 0 Å². The van der Waals surface area contributed by atoms with E-state index in [9.17, 15) is 0 Å². The van der Waals surface area contributed by atoms with Crippen LogP contribution in [-0.4, -0.2) is 9.55 Å². The summed E-state index contributed by atoms with van der Waals surface area (Å²) in [4.78, 5) is 5.55. The van der Waals surface area contributed by atoms with Crippen molar-refractivity contribution in [2.75, 3.05) is 0 Å². The molecule has 16 heavy (non-hydrogen) atoms. The predicted molar refractivity (Wildman–Crippen MR) is 74.6 cm³/mol. The van der Waals surface area contributed by atoms with Crippen LogP contribution >= 0.6 is 43.6 Å². The van der Waals surface area contributed by atoms with Crippen molar-refractivity contribution in [1.29, 1.82) is 0 Å². The van der Waals surface area contributed by atoms with Crippen LogP contribution in [0.25, 0.3) is 6.20 Å². The van der Waals surface area contributed by atoms with Gasteiger partial charge in [0, 0.05) is 11.1 Å². The van der Waals surface area contributed by atoms with E-state index in [1.165, 1.54) is 0 Å². The molecular formula is C11H8Br2N2S. The van der Waals surface area contributed by atoms with Crippen LogP contribution in [0.1, 0.15) is 0 Å². The highest BCUT2D eigenvalue weighted by atomic mass is 79.9. The van der Waals surface area contributed by atoms with E-state index in [1.54, 1.807) is 18.0 Å². The normalized spacial score (nSPS) is 10.4. The Balaban J connectivity index is 2.35. The van der Waals surface area contributed by atoms with Crippen LogP contribution in [0.3, 0.4) is 0 Å². The summed E-state index contributed by atoms with van der Waals surface area (Å²) in [6, 6.07) is 10.1. The summed E-state index contributed by atoms with van der Waals surface area (Å²) in [7, 11) is 0. The van der Waals surface area contributed by atoms with Gasteiger partial charge in [-0.2, -0.15) is 0 Å². The van der Waals surface area contributed by atoms with Crippen LogP contribution in [0.15, 0.2) is 56.2 Å². The van der Waals surface area contributed by atoms with Crippen LogP contribution in [-0.2, 0) is 0 Å². The summed E-state index contributed by atoms with van der Waals surface area (Å²) in [5, 5.41) is 0.875. The molecule has 0 bridgehead atoms. The molecule has 2 rings (SSSR count). The average molecular weight is 360 g/mol. The fourth-order valence-electron chi connectivity index (χ4n) is 1.19. The van der Waals surface area contributed by atoms with E-state index in [1.807, 2.05) is 22.8 Å². The molecule has 0 radical (unpaired) electrons. The molecule has 0 fully saturated rings. The summed E-state index contributed by atoms with van der Waals surface area (Å²) >= 11 is 8.42. The van der Waals surface area contributed by atoms with E-state index >= 15 is 0 Å². The lowest BCUT2D eigenvalue weighted by atomic mass is 10.4. The SMILES string of the molecule is C=Cn1c(Sc2ccccc2)nc(Br)c1Br. The molecule has 0 saturated heterocycles. The summed E-state index contributed by atoms with van der Waals surface area (Å²) in [5.74, 6) is 0. The summed E-state index contributed by atoms with van der Waals surface area (Å²) in [6.45, 7) is 3.77. The molecule has 82 valence electrons. The molecule has 0 aliphatic rings. The van der Waals surface area contributed by atoms with Crippen molar-refractivity contribution in [3.05, 3.63) is 46.1 Å². The smallest absolute Gasteiger partial charge is 0.179 e. The van der Waals surface area contributed by atoms with Gasteiger partial charge in [0.05, 0.1) is 0 Å². The highest BCUT2D eigenvalue weighted by molar-refractivity contribution is 9.13. The number of hydrogen-bond donors (Lipinski definition) is 0. The maximum atomic E-state index is 4.40.